The SMILES string of the molecule is COCC(O)CN(C)C(=O)C1CCCC1C. The first-order chi connectivity index (χ1) is 7.56. The largest absolute Gasteiger partial charge is 0.389 e. The molecule has 16 heavy (non-hydrogen) atoms. The molecule has 1 amide bonds. The van der Waals surface area contributed by atoms with Crippen molar-refractivity contribution in [3.8, 4) is 0 Å². The Morgan fingerprint density at radius 2 is 2.25 bits per heavy atom. The van der Waals surface area contributed by atoms with Crippen LogP contribution in [0.25, 0.3) is 0 Å². The van der Waals surface area contributed by atoms with Crippen molar-refractivity contribution >= 4 is 5.91 Å². The Morgan fingerprint density at radius 1 is 1.56 bits per heavy atom. The molecule has 1 saturated carbocycles. The van der Waals surface area contributed by atoms with Gasteiger partial charge in [-0.2, -0.15) is 0 Å². The van der Waals surface area contributed by atoms with E-state index in [-0.39, 0.29) is 18.4 Å². The molecule has 0 radical (unpaired) electrons. The van der Waals surface area contributed by atoms with Gasteiger partial charge >= 0.3 is 0 Å². The highest BCUT2D eigenvalue weighted by Crippen LogP contribution is 2.32. The van der Waals surface area contributed by atoms with Crippen LogP contribution < -0.4 is 0 Å². The lowest BCUT2D eigenvalue weighted by atomic mass is 9.97. The maximum Gasteiger partial charge on any atom is 0.225 e. The second-order valence-corrected chi connectivity index (χ2v) is 4.84. The molecule has 0 aliphatic heterocycles. The van der Waals surface area contributed by atoms with Crippen molar-refractivity contribution in [3.05, 3.63) is 0 Å². The molecule has 0 saturated heterocycles. The van der Waals surface area contributed by atoms with Crippen LogP contribution in [0.3, 0.4) is 0 Å². The summed E-state index contributed by atoms with van der Waals surface area (Å²) < 4.78 is 4.84. The summed E-state index contributed by atoms with van der Waals surface area (Å²) in [7, 11) is 3.30. The Kier molecular flexibility index (Phi) is 5.22. The van der Waals surface area contributed by atoms with Crippen LogP contribution in [0.4, 0.5) is 0 Å². The number of hydrogen-bond donors (Lipinski definition) is 1. The minimum absolute atomic E-state index is 0.153. The van der Waals surface area contributed by atoms with E-state index in [0.29, 0.717) is 12.5 Å². The standard InChI is InChI=1S/C12H23NO3/c1-9-5-4-6-11(9)12(15)13(2)7-10(14)8-16-3/h9-11,14H,4-8H2,1-3H3. The highest BCUT2D eigenvalue weighted by atomic mass is 16.5. The Labute approximate surface area is 97.6 Å². The lowest BCUT2D eigenvalue weighted by Crippen LogP contribution is -2.40. The third-order valence-corrected chi connectivity index (χ3v) is 3.40. The minimum Gasteiger partial charge on any atom is -0.389 e. The quantitative estimate of drug-likeness (QED) is 0.761. The molecule has 1 aliphatic carbocycles. The predicted octanol–water partition coefficient (Wildman–Crippen LogP) is 0.888. The van der Waals surface area contributed by atoms with Crippen molar-refractivity contribution in [2.45, 2.75) is 32.3 Å². The van der Waals surface area contributed by atoms with Gasteiger partial charge in [-0.1, -0.05) is 13.3 Å². The molecule has 0 heterocycles. The molecule has 0 spiro atoms. The van der Waals surface area contributed by atoms with E-state index < -0.39 is 6.10 Å². The summed E-state index contributed by atoms with van der Waals surface area (Å²) in [6, 6.07) is 0. The molecule has 0 aromatic rings. The minimum atomic E-state index is -0.587. The summed E-state index contributed by atoms with van der Waals surface area (Å²) >= 11 is 0. The molecule has 1 fully saturated rings. The van der Waals surface area contributed by atoms with E-state index in [9.17, 15) is 9.90 Å². The average molecular weight is 229 g/mol. The fourth-order valence-electron chi connectivity index (χ4n) is 2.45. The number of carbonyl (C=O) groups excluding carboxylic acids is 1. The Hall–Kier alpha value is -0.610. The number of rotatable bonds is 5. The summed E-state index contributed by atoms with van der Waals surface area (Å²) in [5.74, 6) is 0.800. The first-order valence-corrected chi connectivity index (χ1v) is 5.98. The average Bonchev–Trinajstić information content (AvgIpc) is 2.63. The van der Waals surface area contributed by atoms with Crippen LogP contribution in [0.15, 0.2) is 0 Å². The lowest BCUT2D eigenvalue weighted by Gasteiger charge is -2.25. The molecular weight excluding hydrogens is 206 g/mol. The highest BCUT2D eigenvalue weighted by Gasteiger charge is 2.31. The van der Waals surface area contributed by atoms with Crippen LogP contribution in [-0.2, 0) is 9.53 Å². The summed E-state index contributed by atoms with van der Waals surface area (Å²) in [6.45, 7) is 2.77. The van der Waals surface area contributed by atoms with Gasteiger partial charge in [0.05, 0.1) is 12.7 Å². The molecule has 3 atom stereocenters. The van der Waals surface area contributed by atoms with Crippen molar-refractivity contribution in [3.63, 3.8) is 0 Å². The number of likely N-dealkylation sites (N-methyl/N-ethyl adjacent to an activating group) is 1. The maximum absolute atomic E-state index is 12.1. The topological polar surface area (TPSA) is 49.8 Å². The third-order valence-electron chi connectivity index (χ3n) is 3.40. The van der Waals surface area contributed by atoms with Crippen LogP contribution >= 0.6 is 0 Å². The van der Waals surface area contributed by atoms with Gasteiger partial charge < -0.3 is 14.7 Å². The second kappa shape index (κ2) is 6.21. The fraction of sp³-hybridized carbons (Fsp3) is 0.917. The van der Waals surface area contributed by atoms with Crippen LogP contribution in [0.2, 0.25) is 0 Å². The van der Waals surface area contributed by atoms with Gasteiger partial charge in [0.25, 0.3) is 0 Å². The van der Waals surface area contributed by atoms with E-state index in [2.05, 4.69) is 6.92 Å². The third kappa shape index (κ3) is 3.46. The second-order valence-electron chi connectivity index (χ2n) is 4.84. The monoisotopic (exact) mass is 229 g/mol. The van der Waals surface area contributed by atoms with E-state index in [1.165, 1.54) is 0 Å². The van der Waals surface area contributed by atoms with Gasteiger partial charge in [-0.25, -0.2) is 0 Å². The van der Waals surface area contributed by atoms with Gasteiger partial charge in [0.1, 0.15) is 0 Å². The first-order valence-electron chi connectivity index (χ1n) is 5.98. The molecule has 94 valence electrons. The summed E-state index contributed by atoms with van der Waals surface area (Å²) in [5, 5.41) is 9.56. The molecule has 4 nitrogen and oxygen atoms in total. The fourth-order valence-corrected chi connectivity index (χ4v) is 2.45. The molecule has 0 aromatic heterocycles. The zero-order valence-corrected chi connectivity index (χ0v) is 10.5. The number of carbonyl (C=O) groups is 1. The molecule has 1 N–H and O–H groups in total. The van der Waals surface area contributed by atoms with Crippen LogP contribution in [0.1, 0.15) is 26.2 Å². The molecule has 0 bridgehead atoms. The molecule has 0 aromatic carbocycles. The van der Waals surface area contributed by atoms with Gasteiger partial charge in [-0.05, 0) is 18.8 Å². The molecule has 4 heteroatoms. The molecule has 1 rings (SSSR count). The van der Waals surface area contributed by atoms with Crippen LogP contribution in [0, 0.1) is 11.8 Å². The number of methoxy groups -OCH3 is 1. The van der Waals surface area contributed by atoms with E-state index >= 15 is 0 Å². The van der Waals surface area contributed by atoms with E-state index in [0.717, 1.165) is 19.3 Å². The normalized spacial score (nSPS) is 26.8. The van der Waals surface area contributed by atoms with Crippen molar-refractivity contribution in [1.29, 1.82) is 0 Å². The number of ether oxygens (including phenoxy) is 1. The van der Waals surface area contributed by atoms with E-state index in [1.807, 2.05) is 0 Å². The van der Waals surface area contributed by atoms with Crippen LogP contribution in [0.5, 0.6) is 0 Å². The Bertz CT molecular complexity index is 232. The van der Waals surface area contributed by atoms with Gasteiger partial charge in [0, 0.05) is 26.6 Å². The van der Waals surface area contributed by atoms with Crippen molar-refractivity contribution < 1.29 is 14.6 Å². The molecular formula is C12H23NO3. The smallest absolute Gasteiger partial charge is 0.225 e. The van der Waals surface area contributed by atoms with Gasteiger partial charge in [-0.3, -0.25) is 4.79 Å². The Balaban J connectivity index is 2.40. The molecule has 1 aliphatic rings. The highest BCUT2D eigenvalue weighted by molar-refractivity contribution is 5.79. The van der Waals surface area contributed by atoms with Crippen molar-refractivity contribution in [2.24, 2.45) is 11.8 Å². The lowest BCUT2D eigenvalue weighted by molar-refractivity contribution is -0.136. The van der Waals surface area contributed by atoms with E-state index in [4.69, 9.17) is 4.74 Å². The summed E-state index contributed by atoms with van der Waals surface area (Å²) in [6.07, 6.45) is 2.69. The Morgan fingerprint density at radius 3 is 2.75 bits per heavy atom. The van der Waals surface area contributed by atoms with E-state index in [1.54, 1.807) is 19.1 Å². The number of amides is 1. The number of aliphatic hydroxyl groups is 1. The summed E-state index contributed by atoms with van der Waals surface area (Å²) in [4.78, 5) is 13.7. The van der Waals surface area contributed by atoms with Crippen LogP contribution in [-0.4, -0.2) is 49.3 Å². The van der Waals surface area contributed by atoms with Crippen molar-refractivity contribution in [1.82, 2.24) is 4.90 Å². The number of aliphatic hydroxyl groups excluding tert-OH is 1. The van der Waals surface area contributed by atoms with Gasteiger partial charge in [-0.15, -0.1) is 0 Å². The van der Waals surface area contributed by atoms with Gasteiger partial charge in [0.2, 0.25) is 5.91 Å². The number of nitrogens with zero attached hydrogens (tertiary/aromatic N) is 1. The number of hydrogen-bond acceptors (Lipinski definition) is 3. The first kappa shape index (κ1) is 13.5. The van der Waals surface area contributed by atoms with Gasteiger partial charge in [0.15, 0.2) is 0 Å². The molecule has 3 unspecified atom stereocenters. The zero-order valence-electron chi connectivity index (χ0n) is 10.5. The van der Waals surface area contributed by atoms with Crippen molar-refractivity contribution in [2.75, 3.05) is 27.3 Å². The zero-order chi connectivity index (χ0) is 12.1. The predicted molar refractivity (Wildman–Crippen MR) is 62.0 cm³/mol. The maximum atomic E-state index is 12.1. The summed E-state index contributed by atoms with van der Waals surface area (Å²) in [5.41, 5.74) is 0.